The van der Waals surface area contributed by atoms with E-state index >= 15 is 0 Å². The van der Waals surface area contributed by atoms with E-state index in [1.807, 2.05) is 47.9 Å². The van der Waals surface area contributed by atoms with Gasteiger partial charge in [0.1, 0.15) is 0 Å². The number of hydrogen-bond donors (Lipinski definition) is 1. The maximum absolute atomic E-state index is 9.72. The fraction of sp³-hybridized carbons (Fsp3) is 0.214. The van der Waals surface area contributed by atoms with Crippen molar-refractivity contribution >= 4 is 17.4 Å². The van der Waals surface area contributed by atoms with Gasteiger partial charge in [0, 0.05) is 17.3 Å². The molecule has 0 aliphatic rings. The number of aliphatic hydroxyl groups excluding tert-OH is 1. The summed E-state index contributed by atoms with van der Waals surface area (Å²) in [6.45, 7) is 1.93. The molecule has 0 radical (unpaired) electrons. The monoisotopic (exact) mass is 286 g/mol. The molecule has 102 valence electrons. The largest absolute Gasteiger partial charge is 0.387 e. The van der Waals surface area contributed by atoms with Crippen LogP contribution in [-0.2, 0) is 0 Å². The molecule has 1 N–H and O–H groups in total. The zero-order valence-electron chi connectivity index (χ0n) is 11.0. The topological polar surface area (TPSA) is 63.3 Å². The van der Waals surface area contributed by atoms with Gasteiger partial charge in [-0.05, 0) is 42.4 Å². The molecular formula is C14H14N4OS. The first-order valence-electron chi connectivity index (χ1n) is 6.39. The third kappa shape index (κ3) is 2.52. The molecule has 1 atom stereocenters. The van der Waals surface area contributed by atoms with Crippen LogP contribution in [0, 0.1) is 0 Å². The Kier molecular flexibility index (Phi) is 3.66. The Labute approximate surface area is 120 Å². The molecule has 0 aliphatic heterocycles. The zero-order valence-corrected chi connectivity index (χ0v) is 11.8. The quantitative estimate of drug-likeness (QED) is 0.799. The lowest BCUT2D eigenvalue weighted by Gasteiger charge is -2.07. The minimum Gasteiger partial charge on any atom is -0.387 e. The lowest BCUT2D eigenvalue weighted by molar-refractivity contribution is 0.169. The summed E-state index contributed by atoms with van der Waals surface area (Å²) in [4.78, 5) is 5.25. The van der Waals surface area contributed by atoms with Gasteiger partial charge in [-0.25, -0.2) is 0 Å². The Morgan fingerprint density at radius 1 is 1.25 bits per heavy atom. The van der Waals surface area contributed by atoms with Gasteiger partial charge in [0.05, 0.1) is 11.8 Å². The molecule has 0 aromatic carbocycles. The highest BCUT2D eigenvalue weighted by Crippen LogP contribution is 2.26. The van der Waals surface area contributed by atoms with Crippen molar-refractivity contribution in [1.29, 1.82) is 0 Å². The van der Waals surface area contributed by atoms with E-state index in [2.05, 4.69) is 15.2 Å². The molecule has 0 fully saturated rings. The lowest BCUT2D eigenvalue weighted by atomic mass is 10.2. The highest BCUT2D eigenvalue weighted by atomic mass is 32.2. The van der Waals surface area contributed by atoms with Crippen molar-refractivity contribution in [2.45, 2.75) is 29.5 Å². The van der Waals surface area contributed by atoms with Crippen LogP contribution >= 0.6 is 11.8 Å². The van der Waals surface area contributed by atoms with Crippen LogP contribution < -0.4 is 0 Å². The SMILES string of the molecule is CCC(O)c1ccc(Sc2nnc3ccccn23)cn1. The summed E-state index contributed by atoms with van der Waals surface area (Å²) >= 11 is 1.50. The molecule has 3 rings (SSSR count). The number of nitrogens with zero attached hydrogens (tertiary/aromatic N) is 4. The van der Waals surface area contributed by atoms with Crippen LogP contribution in [0.15, 0.2) is 52.8 Å². The van der Waals surface area contributed by atoms with Gasteiger partial charge in [0.25, 0.3) is 0 Å². The summed E-state index contributed by atoms with van der Waals surface area (Å²) < 4.78 is 1.93. The molecule has 20 heavy (non-hydrogen) atoms. The molecule has 0 saturated carbocycles. The Morgan fingerprint density at radius 3 is 2.90 bits per heavy atom. The molecule has 3 aromatic rings. The van der Waals surface area contributed by atoms with Gasteiger partial charge in [-0.2, -0.15) is 0 Å². The average Bonchev–Trinajstić information content (AvgIpc) is 2.91. The fourth-order valence-corrected chi connectivity index (χ4v) is 2.64. The van der Waals surface area contributed by atoms with Crippen LogP contribution in [0.4, 0.5) is 0 Å². The second-order valence-corrected chi connectivity index (χ2v) is 5.40. The minimum atomic E-state index is -0.497. The average molecular weight is 286 g/mol. The van der Waals surface area contributed by atoms with Crippen molar-refractivity contribution in [3.05, 3.63) is 48.4 Å². The Morgan fingerprint density at radius 2 is 2.15 bits per heavy atom. The van der Waals surface area contributed by atoms with Gasteiger partial charge >= 0.3 is 0 Å². The molecule has 1 unspecified atom stereocenters. The van der Waals surface area contributed by atoms with Crippen molar-refractivity contribution in [3.63, 3.8) is 0 Å². The van der Waals surface area contributed by atoms with Gasteiger partial charge in [-0.15, -0.1) is 10.2 Å². The van der Waals surface area contributed by atoms with Gasteiger partial charge in [0.15, 0.2) is 10.8 Å². The number of aliphatic hydroxyl groups is 1. The molecule has 6 heteroatoms. The second kappa shape index (κ2) is 5.60. The van der Waals surface area contributed by atoms with Crippen molar-refractivity contribution in [3.8, 4) is 0 Å². The summed E-state index contributed by atoms with van der Waals surface area (Å²) in [6.07, 6.45) is 3.85. The molecule has 0 spiro atoms. The van der Waals surface area contributed by atoms with Crippen LogP contribution in [0.25, 0.3) is 5.65 Å². The van der Waals surface area contributed by atoms with Crippen LogP contribution in [0.3, 0.4) is 0 Å². The third-order valence-corrected chi connectivity index (χ3v) is 3.92. The van der Waals surface area contributed by atoms with Gasteiger partial charge in [-0.1, -0.05) is 13.0 Å². The maximum Gasteiger partial charge on any atom is 0.200 e. The number of fused-ring (bicyclic) bond motifs is 1. The predicted octanol–water partition coefficient (Wildman–Crippen LogP) is 2.72. The van der Waals surface area contributed by atoms with Crippen molar-refractivity contribution in [2.75, 3.05) is 0 Å². The summed E-state index contributed by atoms with van der Waals surface area (Å²) in [5.41, 5.74) is 1.52. The highest BCUT2D eigenvalue weighted by Gasteiger charge is 2.09. The van der Waals surface area contributed by atoms with Crippen LogP contribution in [0.2, 0.25) is 0 Å². The first kappa shape index (κ1) is 13.1. The molecule has 0 saturated heterocycles. The molecule has 0 bridgehead atoms. The summed E-state index contributed by atoms with van der Waals surface area (Å²) in [5, 5.41) is 18.8. The molecule has 0 amide bonds. The van der Waals surface area contributed by atoms with Crippen LogP contribution in [0.5, 0.6) is 0 Å². The Hall–Kier alpha value is -1.92. The highest BCUT2D eigenvalue weighted by molar-refractivity contribution is 7.99. The Bertz CT molecular complexity index is 711. The van der Waals surface area contributed by atoms with Crippen LogP contribution in [-0.4, -0.2) is 24.7 Å². The van der Waals surface area contributed by atoms with Gasteiger partial charge in [-0.3, -0.25) is 9.38 Å². The van der Waals surface area contributed by atoms with Gasteiger partial charge < -0.3 is 5.11 Å². The maximum atomic E-state index is 9.72. The second-order valence-electron chi connectivity index (χ2n) is 4.36. The van der Waals surface area contributed by atoms with Crippen molar-refractivity contribution in [2.24, 2.45) is 0 Å². The van der Waals surface area contributed by atoms with Crippen molar-refractivity contribution in [1.82, 2.24) is 19.6 Å². The number of pyridine rings is 2. The first-order valence-corrected chi connectivity index (χ1v) is 7.21. The standard InChI is InChI=1S/C14H14N4OS/c1-2-12(19)11-7-6-10(9-15-11)20-14-17-16-13-5-3-4-8-18(13)14/h3-9,12,19H,2H2,1H3. The smallest absolute Gasteiger partial charge is 0.200 e. The number of hydrogen-bond acceptors (Lipinski definition) is 5. The van der Waals surface area contributed by atoms with Crippen LogP contribution in [0.1, 0.15) is 25.1 Å². The van der Waals surface area contributed by atoms with E-state index in [9.17, 15) is 5.11 Å². The molecule has 3 aromatic heterocycles. The summed E-state index contributed by atoms with van der Waals surface area (Å²) in [6, 6.07) is 9.58. The predicted molar refractivity (Wildman–Crippen MR) is 76.6 cm³/mol. The molecular weight excluding hydrogens is 272 g/mol. The minimum absolute atomic E-state index is 0.497. The molecule has 0 aliphatic carbocycles. The summed E-state index contributed by atoms with van der Waals surface area (Å²) in [7, 11) is 0. The normalized spacial score (nSPS) is 12.7. The fourth-order valence-electron chi connectivity index (χ4n) is 1.85. The third-order valence-electron chi connectivity index (χ3n) is 2.98. The van der Waals surface area contributed by atoms with E-state index in [0.717, 1.165) is 15.7 Å². The van der Waals surface area contributed by atoms with Crippen molar-refractivity contribution < 1.29 is 5.11 Å². The lowest BCUT2D eigenvalue weighted by Crippen LogP contribution is -1.98. The van der Waals surface area contributed by atoms with E-state index in [1.165, 1.54) is 11.8 Å². The van der Waals surface area contributed by atoms with Gasteiger partial charge in [0.2, 0.25) is 0 Å². The van der Waals surface area contributed by atoms with E-state index in [1.54, 1.807) is 6.20 Å². The number of aromatic nitrogens is 4. The van der Waals surface area contributed by atoms with E-state index in [-0.39, 0.29) is 0 Å². The summed E-state index contributed by atoms with van der Waals surface area (Å²) in [5.74, 6) is 0. The van der Waals surface area contributed by atoms with E-state index in [0.29, 0.717) is 12.1 Å². The van der Waals surface area contributed by atoms with E-state index < -0.39 is 6.10 Å². The number of rotatable bonds is 4. The first-order chi connectivity index (χ1) is 9.78. The van der Waals surface area contributed by atoms with E-state index in [4.69, 9.17) is 0 Å². The molecule has 3 heterocycles. The Balaban J connectivity index is 1.84. The molecule has 5 nitrogen and oxygen atoms in total. The zero-order chi connectivity index (χ0) is 13.9.